The van der Waals surface area contributed by atoms with E-state index in [1.165, 1.54) is 18.7 Å². The summed E-state index contributed by atoms with van der Waals surface area (Å²) in [6.45, 7) is 6.46. The molecule has 0 aliphatic heterocycles. The topological polar surface area (TPSA) is 61.2 Å². The third kappa shape index (κ3) is 2.70. The molecule has 2 rings (SSSR count). The zero-order chi connectivity index (χ0) is 14.8. The zero-order valence-corrected chi connectivity index (χ0v) is 12.6. The van der Waals surface area contributed by atoms with Crippen molar-refractivity contribution in [2.75, 3.05) is 6.61 Å². The monoisotopic (exact) mass is 294 g/mol. The summed E-state index contributed by atoms with van der Waals surface area (Å²) in [4.78, 5) is 4.02. The van der Waals surface area contributed by atoms with Crippen molar-refractivity contribution < 1.29 is 13.2 Å². The third-order valence-electron chi connectivity index (χ3n) is 2.96. The lowest BCUT2D eigenvalue weighted by Gasteiger charge is -2.15. The van der Waals surface area contributed by atoms with Crippen LogP contribution >= 0.6 is 0 Å². The van der Waals surface area contributed by atoms with E-state index in [1.807, 2.05) is 20.8 Å². The fraction of sp³-hybridized carbons (Fsp3) is 0.357. The lowest BCUT2D eigenvalue weighted by Crippen LogP contribution is -2.12. The van der Waals surface area contributed by atoms with Gasteiger partial charge in [-0.2, -0.15) is 0 Å². The van der Waals surface area contributed by atoms with Crippen LogP contribution in [0.5, 0.6) is 5.75 Å². The second-order valence-corrected chi connectivity index (χ2v) is 6.53. The first-order valence-electron chi connectivity index (χ1n) is 6.47. The van der Waals surface area contributed by atoms with Crippen LogP contribution in [0, 0.1) is 0 Å². The second kappa shape index (κ2) is 5.66. The molecule has 1 aromatic carbocycles. The molecule has 108 valence electrons. The smallest absolute Gasteiger partial charge is 0.268 e. The number of ether oxygens (including phenoxy) is 1. The number of nitrogens with zero attached hydrogens (tertiary/aromatic N) is 2. The van der Waals surface area contributed by atoms with Gasteiger partial charge in [-0.25, -0.2) is 17.4 Å². The molecular weight excluding hydrogens is 276 g/mol. The average Bonchev–Trinajstić information content (AvgIpc) is 2.93. The third-order valence-corrected chi connectivity index (χ3v) is 4.58. The molecule has 0 saturated heterocycles. The summed E-state index contributed by atoms with van der Waals surface area (Å²) in [5, 5.41) is 0. The van der Waals surface area contributed by atoms with Gasteiger partial charge in [-0.05, 0) is 36.6 Å². The molecule has 20 heavy (non-hydrogen) atoms. The van der Waals surface area contributed by atoms with E-state index in [-0.39, 0.29) is 10.8 Å². The molecular formula is C14H18N2O3S. The molecule has 0 bridgehead atoms. The zero-order valence-electron chi connectivity index (χ0n) is 11.8. The van der Waals surface area contributed by atoms with E-state index in [4.69, 9.17) is 4.74 Å². The molecule has 1 aromatic heterocycles. The molecule has 5 nitrogen and oxygen atoms in total. The highest BCUT2D eigenvalue weighted by molar-refractivity contribution is 7.90. The highest BCUT2D eigenvalue weighted by atomic mass is 32.2. The van der Waals surface area contributed by atoms with Gasteiger partial charge in [0.1, 0.15) is 12.1 Å². The predicted octanol–water partition coefficient (Wildman–Crippen LogP) is 2.64. The summed E-state index contributed by atoms with van der Waals surface area (Å²) in [7, 11) is -3.58. The van der Waals surface area contributed by atoms with Gasteiger partial charge in [-0.3, -0.25) is 0 Å². The largest absolute Gasteiger partial charge is 0.494 e. The lowest BCUT2D eigenvalue weighted by atomic mass is 10.0. The van der Waals surface area contributed by atoms with Gasteiger partial charge in [-0.1, -0.05) is 13.8 Å². The Morgan fingerprint density at radius 3 is 2.65 bits per heavy atom. The van der Waals surface area contributed by atoms with Gasteiger partial charge >= 0.3 is 0 Å². The van der Waals surface area contributed by atoms with E-state index < -0.39 is 10.0 Å². The van der Waals surface area contributed by atoms with Gasteiger partial charge in [0, 0.05) is 12.4 Å². The van der Waals surface area contributed by atoms with E-state index in [1.54, 1.807) is 18.2 Å². The van der Waals surface area contributed by atoms with Crippen molar-refractivity contribution in [2.45, 2.75) is 31.6 Å². The van der Waals surface area contributed by atoms with Crippen LogP contribution in [-0.2, 0) is 10.0 Å². The Balaban J connectivity index is 2.52. The lowest BCUT2D eigenvalue weighted by molar-refractivity contribution is 0.335. The molecule has 0 saturated carbocycles. The van der Waals surface area contributed by atoms with Crippen LogP contribution in [0.15, 0.2) is 41.8 Å². The van der Waals surface area contributed by atoms with Crippen molar-refractivity contribution in [1.29, 1.82) is 0 Å². The molecule has 6 heteroatoms. The Morgan fingerprint density at radius 1 is 1.35 bits per heavy atom. The van der Waals surface area contributed by atoms with E-state index in [0.29, 0.717) is 6.61 Å². The first-order chi connectivity index (χ1) is 9.46. The highest BCUT2D eigenvalue weighted by Crippen LogP contribution is 2.29. The molecule has 0 amide bonds. The van der Waals surface area contributed by atoms with Crippen molar-refractivity contribution in [1.82, 2.24) is 8.96 Å². The molecule has 0 N–H and O–H groups in total. The minimum absolute atomic E-state index is 0.175. The second-order valence-electron chi connectivity index (χ2n) is 4.68. The van der Waals surface area contributed by atoms with Crippen molar-refractivity contribution in [2.24, 2.45) is 0 Å². The maximum atomic E-state index is 12.4. The van der Waals surface area contributed by atoms with Crippen LogP contribution < -0.4 is 4.74 Å². The summed E-state index contributed by atoms with van der Waals surface area (Å²) < 4.78 is 31.5. The number of imidazole rings is 1. The first kappa shape index (κ1) is 14.6. The maximum absolute atomic E-state index is 12.4. The highest BCUT2D eigenvalue weighted by Gasteiger charge is 2.19. The maximum Gasteiger partial charge on any atom is 0.268 e. The molecule has 0 aliphatic carbocycles. The van der Waals surface area contributed by atoms with Crippen molar-refractivity contribution in [3.05, 3.63) is 42.5 Å². The summed E-state index contributed by atoms with van der Waals surface area (Å²) in [6, 6.07) is 4.94. The van der Waals surface area contributed by atoms with Gasteiger partial charge in [0.15, 0.2) is 0 Å². The number of benzene rings is 1. The molecule has 0 atom stereocenters. The summed E-state index contributed by atoms with van der Waals surface area (Å²) in [5.74, 6) is 0.904. The Kier molecular flexibility index (Phi) is 4.13. The molecule has 0 unspecified atom stereocenters. The summed E-state index contributed by atoms with van der Waals surface area (Å²) in [5.41, 5.74) is 0.882. The van der Waals surface area contributed by atoms with Gasteiger partial charge in [0.25, 0.3) is 10.0 Å². The molecule has 0 radical (unpaired) electrons. The van der Waals surface area contributed by atoms with Gasteiger partial charge in [0.05, 0.1) is 11.5 Å². The Bertz CT molecular complexity index is 676. The number of hydrogen-bond acceptors (Lipinski definition) is 4. The van der Waals surface area contributed by atoms with Crippen molar-refractivity contribution >= 4 is 10.0 Å². The average molecular weight is 294 g/mol. The van der Waals surface area contributed by atoms with Crippen LogP contribution in [0.3, 0.4) is 0 Å². The summed E-state index contributed by atoms with van der Waals surface area (Å²) >= 11 is 0. The summed E-state index contributed by atoms with van der Waals surface area (Å²) in [6.07, 6.45) is 4.14. The van der Waals surface area contributed by atoms with E-state index >= 15 is 0 Å². The Labute approximate surface area is 119 Å². The number of aromatic nitrogens is 2. The van der Waals surface area contributed by atoms with E-state index in [0.717, 1.165) is 15.3 Å². The van der Waals surface area contributed by atoms with E-state index in [2.05, 4.69) is 4.98 Å². The van der Waals surface area contributed by atoms with Crippen molar-refractivity contribution in [3.8, 4) is 5.75 Å². The number of hydrogen-bond donors (Lipinski definition) is 0. The fourth-order valence-electron chi connectivity index (χ4n) is 1.94. The minimum atomic E-state index is -3.58. The first-order valence-corrected chi connectivity index (χ1v) is 7.91. The van der Waals surface area contributed by atoms with Crippen LogP contribution in [0.2, 0.25) is 0 Å². The SMILES string of the molecule is CCOc1ccc(S(=O)(=O)n2ccnc2)cc1C(C)C. The Hall–Kier alpha value is -1.82. The fourth-order valence-corrected chi connectivity index (χ4v) is 3.09. The van der Waals surface area contributed by atoms with Crippen LogP contribution in [0.4, 0.5) is 0 Å². The number of rotatable bonds is 5. The molecule has 2 aromatic rings. The van der Waals surface area contributed by atoms with Gasteiger partial charge < -0.3 is 4.74 Å². The molecule has 0 fully saturated rings. The standard InChI is InChI=1S/C14H18N2O3S/c1-4-19-14-6-5-12(9-13(14)11(2)3)20(17,18)16-8-7-15-10-16/h5-11H,4H2,1-3H3. The van der Waals surface area contributed by atoms with Gasteiger partial charge in [0.2, 0.25) is 0 Å². The Morgan fingerprint density at radius 2 is 2.10 bits per heavy atom. The van der Waals surface area contributed by atoms with Crippen LogP contribution in [0.1, 0.15) is 32.3 Å². The molecule has 1 heterocycles. The van der Waals surface area contributed by atoms with Crippen LogP contribution in [-0.4, -0.2) is 24.0 Å². The molecule has 0 aliphatic rings. The van der Waals surface area contributed by atoms with Crippen molar-refractivity contribution in [3.63, 3.8) is 0 Å². The molecule has 0 spiro atoms. The normalized spacial score (nSPS) is 11.8. The van der Waals surface area contributed by atoms with Gasteiger partial charge in [-0.15, -0.1) is 0 Å². The van der Waals surface area contributed by atoms with Crippen LogP contribution in [0.25, 0.3) is 0 Å². The minimum Gasteiger partial charge on any atom is -0.494 e. The quantitative estimate of drug-likeness (QED) is 0.850. The predicted molar refractivity (Wildman–Crippen MR) is 76.5 cm³/mol. The van der Waals surface area contributed by atoms with E-state index in [9.17, 15) is 8.42 Å².